The first-order valence-electron chi connectivity index (χ1n) is 4.97. The molecule has 0 heterocycles. The van der Waals surface area contributed by atoms with E-state index in [0.717, 1.165) is 12.1 Å². The predicted octanol–water partition coefficient (Wildman–Crippen LogP) is 1.32. The smallest absolute Gasteiger partial charge is 0.101 e. The molecule has 0 saturated carbocycles. The Morgan fingerprint density at radius 3 is 2.94 bits per heavy atom. The number of benzene rings is 1. The molecule has 1 rings (SSSR count). The zero-order chi connectivity index (χ0) is 12.0. The maximum Gasteiger partial charge on any atom is 0.101 e. The summed E-state index contributed by atoms with van der Waals surface area (Å²) in [6.07, 6.45) is 2.50. The monoisotopic (exact) mass is 237 g/mol. The Bertz CT molecular complexity index is 426. The summed E-state index contributed by atoms with van der Waals surface area (Å²) in [5.41, 5.74) is 7.51. The second-order valence-electron chi connectivity index (χ2n) is 3.44. The molecule has 1 aromatic rings. The number of nitrogen functional groups attached to an aromatic ring is 1. The summed E-state index contributed by atoms with van der Waals surface area (Å²) >= 11 is 0. The number of nitrogens with one attached hydrogen (secondary N) is 1. The Balaban J connectivity index is 2.55. The van der Waals surface area contributed by atoms with Gasteiger partial charge >= 0.3 is 0 Å². The largest absolute Gasteiger partial charge is 0.396 e. The summed E-state index contributed by atoms with van der Waals surface area (Å²) in [4.78, 5) is 0. The van der Waals surface area contributed by atoms with E-state index in [0.29, 0.717) is 23.5 Å². The molecule has 0 saturated heterocycles. The molecule has 1 aromatic carbocycles. The van der Waals surface area contributed by atoms with Crippen molar-refractivity contribution in [3.8, 4) is 6.07 Å². The molecule has 16 heavy (non-hydrogen) atoms. The van der Waals surface area contributed by atoms with Gasteiger partial charge in [0, 0.05) is 29.4 Å². The fraction of sp³-hybridized carbons (Fsp3) is 0.364. The third-order valence-electron chi connectivity index (χ3n) is 2.15. The lowest BCUT2D eigenvalue weighted by atomic mass is 10.1. The topological polar surface area (TPSA) is 78.9 Å². The number of anilines is 2. The first kappa shape index (κ1) is 12.5. The summed E-state index contributed by atoms with van der Waals surface area (Å²) in [7, 11) is -0.758. The van der Waals surface area contributed by atoms with Crippen LogP contribution in [0.1, 0.15) is 12.0 Å². The van der Waals surface area contributed by atoms with E-state index in [1.807, 2.05) is 12.1 Å². The Labute approximate surface area is 97.9 Å². The molecule has 0 amide bonds. The second-order valence-corrected chi connectivity index (χ2v) is 4.99. The van der Waals surface area contributed by atoms with E-state index in [2.05, 4.69) is 5.32 Å². The van der Waals surface area contributed by atoms with E-state index in [1.54, 1.807) is 18.4 Å². The molecular weight excluding hydrogens is 222 g/mol. The van der Waals surface area contributed by atoms with Crippen molar-refractivity contribution in [3.63, 3.8) is 0 Å². The minimum atomic E-state index is -0.758. The Morgan fingerprint density at radius 1 is 1.56 bits per heavy atom. The SMILES string of the molecule is CS(=O)CCCNc1cccc(C#N)c1N. The van der Waals surface area contributed by atoms with Gasteiger partial charge in [-0.2, -0.15) is 5.26 Å². The quantitative estimate of drug-likeness (QED) is 0.598. The number of nitrogens with two attached hydrogens (primary N) is 1. The standard InChI is InChI=1S/C11H15N3OS/c1-16(15)7-3-6-14-10-5-2-4-9(8-12)11(10)13/h2,4-5,14H,3,6-7,13H2,1H3. The van der Waals surface area contributed by atoms with Crippen LogP contribution in [0.4, 0.5) is 11.4 Å². The van der Waals surface area contributed by atoms with Crippen LogP contribution in [-0.2, 0) is 10.8 Å². The van der Waals surface area contributed by atoms with E-state index >= 15 is 0 Å². The highest BCUT2D eigenvalue weighted by atomic mass is 32.2. The van der Waals surface area contributed by atoms with E-state index in [4.69, 9.17) is 11.0 Å². The van der Waals surface area contributed by atoms with Crippen molar-refractivity contribution in [2.75, 3.05) is 29.6 Å². The van der Waals surface area contributed by atoms with Crippen LogP contribution < -0.4 is 11.1 Å². The first-order chi connectivity index (χ1) is 7.65. The van der Waals surface area contributed by atoms with Crippen molar-refractivity contribution < 1.29 is 4.21 Å². The summed E-state index contributed by atoms with van der Waals surface area (Å²) in [6, 6.07) is 7.33. The van der Waals surface area contributed by atoms with Crippen LogP contribution in [-0.4, -0.2) is 22.8 Å². The van der Waals surface area contributed by atoms with Gasteiger partial charge in [-0.25, -0.2) is 0 Å². The predicted molar refractivity (Wildman–Crippen MR) is 67.6 cm³/mol. The minimum Gasteiger partial charge on any atom is -0.396 e. The Kier molecular flexibility index (Phi) is 4.80. The number of para-hydroxylation sites is 1. The fourth-order valence-electron chi connectivity index (χ4n) is 1.32. The van der Waals surface area contributed by atoms with E-state index in [9.17, 15) is 4.21 Å². The van der Waals surface area contributed by atoms with Gasteiger partial charge in [-0.15, -0.1) is 0 Å². The van der Waals surface area contributed by atoms with E-state index in [-0.39, 0.29) is 0 Å². The summed E-state index contributed by atoms with van der Waals surface area (Å²) < 4.78 is 10.8. The molecule has 0 radical (unpaired) electrons. The van der Waals surface area contributed by atoms with Crippen molar-refractivity contribution in [1.29, 1.82) is 5.26 Å². The third kappa shape index (κ3) is 3.55. The van der Waals surface area contributed by atoms with E-state index in [1.165, 1.54) is 0 Å². The molecular formula is C11H15N3OS. The van der Waals surface area contributed by atoms with Gasteiger partial charge in [0.25, 0.3) is 0 Å². The van der Waals surface area contributed by atoms with Crippen molar-refractivity contribution in [2.24, 2.45) is 0 Å². The highest BCUT2D eigenvalue weighted by Gasteiger charge is 2.03. The van der Waals surface area contributed by atoms with Gasteiger partial charge in [0.1, 0.15) is 6.07 Å². The van der Waals surface area contributed by atoms with Gasteiger partial charge in [-0.1, -0.05) is 6.07 Å². The van der Waals surface area contributed by atoms with Crippen molar-refractivity contribution in [2.45, 2.75) is 6.42 Å². The lowest BCUT2D eigenvalue weighted by molar-refractivity contribution is 0.685. The maximum absolute atomic E-state index is 10.8. The zero-order valence-corrected chi connectivity index (χ0v) is 10.0. The van der Waals surface area contributed by atoms with Gasteiger partial charge in [-0.05, 0) is 18.6 Å². The molecule has 1 atom stereocenters. The van der Waals surface area contributed by atoms with Crippen LogP contribution in [0.15, 0.2) is 18.2 Å². The van der Waals surface area contributed by atoms with E-state index < -0.39 is 10.8 Å². The van der Waals surface area contributed by atoms with Gasteiger partial charge in [0.05, 0.1) is 16.9 Å². The number of nitriles is 1. The average Bonchev–Trinajstić information content (AvgIpc) is 2.26. The molecule has 0 aliphatic heterocycles. The van der Waals surface area contributed by atoms with Gasteiger partial charge < -0.3 is 11.1 Å². The fourth-order valence-corrected chi connectivity index (χ4v) is 1.87. The highest BCUT2D eigenvalue weighted by molar-refractivity contribution is 7.84. The van der Waals surface area contributed by atoms with Gasteiger partial charge in [0.15, 0.2) is 0 Å². The number of nitrogens with zero attached hydrogens (tertiary/aromatic N) is 1. The molecule has 1 unspecified atom stereocenters. The molecule has 0 bridgehead atoms. The van der Waals surface area contributed by atoms with Crippen LogP contribution in [0.25, 0.3) is 0 Å². The number of rotatable bonds is 5. The molecule has 0 spiro atoms. The number of hydrogen-bond donors (Lipinski definition) is 2. The molecule has 3 N–H and O–H groups in total. The molecule has 0 aliphatic rings. The number of hydrogen-bond acceptors (Lipinski definition) is 4. The van der Waals surface area contributed by atoms with Crippen molar-refractivity contribution in [1.82, 2.24) is 0 Å². The lowest BCUT2D eigenvalue weighted by Crippen LogP contribution is -2.08. The molecule has 0 aromatic heterocycles. The zero-order valence-electron chi connectivity index (χ0n) is 9.19. The second kappa shape index (κ2) is 6.13. The van der Waals surface area contributed by atoms with Crippen molar-refractivity contribution in [3.05, 3.63) is 23.8 Å². The third-order valence-corrected chi connectivity index (χ3v) is 3.01. The van der Waals surface area contributed by atoms with Crippen LogP contribution in [0.2, 0.25) is 0 Å². The van der Waals surface area contributed by atoms with Gasteiger partial charge in [-0.3, -0.25) is 4.21 Å². The summed E-state index contributed by atoms with van der Waals surface area (Å²) in [5.74, 6) is 0.671. The Hall–Kier alpha value is -1.54. The van der Waals surface area contributed by atoms with Gasteiger partial charge in [0.2, 0.25) is 0 Å². The first-order valence-corrected chi connectivity index (χ1v) is 6.70. The van der Waals surface area contributed by atoms with Crippen molar-refractivity contribution >= 4 is 22.2 Å². The maximum atomic E-state index is 10.8. The Morgan fingerprint density at radius 2 is 2.31 bits per heavy atom. The minimum absolute atomic E-state index is 0.475. The summed E-state index contributed by atoms with van der Waals surface area (Å²) in [6.45, 7) is 0.707. The molecule has 5 heteroatoms. The summed E-state index contributed by atoms with van der Waals surface area (Å²) in [5, 5.41) is 11.9. The molecule has 4 nitrogen and oxygen atoms in total. The average molecular weight is 237 g/mol. The highest BCUT2D eigenvalue weighted by Crippen LogP contribution is 2.21. The van der Waals surface area contributed by atoms with Crippen LogP contribution in [0, 0.1) is 11.3 Å². The molecule has 0 fully saturated rings. The molecule has 86 valence electrons. The molecule has 0 aliphatic carbocycles. The van der Waals surface area contributed by atoms with Crippen LogP contribution in [0.5, 0.6) is 0 Å². The van der Waals surface area contributed by atoms with Crippen LogP contribution in [0.3, 0.4) is 0 Å². The normalized spacial score (nSPS) is 11.8. The lowest BCUT2D eigenvalue weighted by Gasteiger charge is -2.09. The van der Waals surface area contributed by atoms with Crippen LogP contribution >= 0.6 is 0 Å².